The summed E-state index contributed by atoms with van der Waals surface area (Å²) in [7, 11) is 0. The number of rotatable bonds is 3. The predicted molar refractivity (Wildman–Crippen MR) is 107 cm³/mol. The minimum absolute atomic E-state index is 0.501. The number of hydrogen-bond donors (Lipinski definition) is 1. The molecule has 0 saturated heterocycles. The maximum atomic E-state index is 5.52. The third-order valence-electron chi connectivity index (χ3n) is 4.21. The molecule has 1 saturated carbocycles. The van der Waals surface area contributed by atoms with Gasteiger partial charge in [-0.05, 0) is 37.2 Å². The topological polar surface area (TPSA) is 80.0 Å². The highest BCUT2D eigenvalue weighted by molar-refractivity contribution is 14.1. The first-order valence-electron chi connectivity index (χ1n) is 8.00. The average molecular weight is 466 g/mol. The van der Waals surface area contributed by atoms with E-state index in [4.69, 9.17) is 16.7 Å². The molecule has 3 aromatic rings. The van der Waals surface area contributed by atoms with Crippen LogP contribution in [0.2, 0.25) is 0 Å². The minimum Gasteiger partial charge on any atom is -0.364 e. The van der Waals surface area contributed by atoms with Crippen LogP contribution in [0.1, 0.15) is 25.7 Å². The molecule has 0 aliphatic heterocycles. The van der Waals surface area contributed by atoms with Crippen LogP contribution < -0.4 is 5.32 Å². The molecule has 0 spiro atoms. The van der Waals surface area contributed by atoms with E-state index in [0.29, 0.717) is 28.3 Å². The Morgan fingerprint density at radius 2 is 2.08 bits per heavy atom. The van der Waals surface area contributed by atoms with E-state index in [1.165, 1.54) is 31.9 Å². The van der Waals surface area contributed by atoms with E-state index >= 15 is 0 Å². The summed E-state index contributed by atoms with van der Waals surface area (Å²) < 4.78 is 6.96. The highest BCUT2D eigenvalue weighted by Crippen LogP contribution is 2.27. The predicted octanol–water partition coefficient (Wildman–Crippen LogP) is 3.97. The molecule has 0 radical (unpaired) electrons. The molecular weight excluding hydrogens is 451 g/mol. The fraction of sp³-hybridized carbons (Fsp3) is 0.312. The number of pyridine rings is 1. The maximum Gasteiger partial charge on any atom is 0.183 e. The quantitative estimate of drug-likeness (QED) is 0.353. The zero-order valence-corrected chi connectivity index (χ0v) is 16.2. The Morgan fingerprint density at radius 1 is 1.24 bits per heavy atom. The first kappa shape index (κ1) is 16.6. The van der Waals surface area contributed by atoms with Gasteiger partial charge in [0.05, 0.1) is 46.5 Å². The molecule has 1 aliphatic rings. The number of nitrogens with zero attached hydrogens (tertiary/aromatic N) is 5. The molecule has 1 N–H and O–H groups in total. The second-order valence-corrected chi connectivity index (χ2v) is 7.31. The molecule has 128 valence electrons. The summed E-state index contributed by atoms with van der Waals surface area (Å²) in [5.41, 5.74) is 2.71. The van der Waals surface area contributed by atoms with Crippen molar-refractivity contribution in [2.45, 2.75) is 31.7 Å². The van der Waals surface area contributed by atoms with E-state index in [1.807, 2.05) is 12.1 Å². The Morgan fingerprint density at radius 3 is 2.84 bits per heavy atom. The SMILES string of the molecule is S=C(Nc1ccc2ncc(-c3cnoc3)nc2n1)N(I)C1CCCC1. The van der Waals surface area contributed by atoms with Crippen molar-refractivity contribution in [2.24, 2.45) is 0 Å². The summed E-state index contributed by atoms with van der Waals surface area (Å²) in [6.45, 7) is 0. The van der Waals surface area contributed by atoms with Gasteiger partial charge in [0.1, 0.15) is 17.6 Å². The fourth-order valence-corrected chi connectivity index (χ4v) is 3.83. The lowest BCUT2D eigenvalue weighted by Gasteiger charge is -2.24. The zero-order valence-electron chi connectivity index (χ0n) is 13.2. The van der Waals surface area contributed by atoms with Gasteiger partial charge in [-0.25, -0.2) is 9.97 Å². The number of anilines is 1. The van der Waals surface area contributed by atoms with Crippen LogP contribution in [-0.4, -0.2) is 34.4 Å². The minimum atomic E-state index is 0.501. The van der Waals surface area contributed by atoms with E-state index in [2.05, 4.69) is 51.4 Å². The summed E-state index contributed by atoms with van der Waals surface area (Å²) >= 11 is 7.80. The molecule has 1 aliphatic carbocycles. The summed E-state index contributed by atoms with van der Waals surface area (Å²) in [5.74, 6) is 0.661. The summed E-state index contributed by atoms with van der Waals surface area (Å²) in [4.78, 5) is 13.5. The van der Waals surface area contributed by atoms with Crippen molar-refractivity contribution in [1.82, 2.24) is 23.2 Å². The van der Waals surface area contributed by atoms with Crippen molar-refractivity contribution in [3.63, 3.8) is 0 Å². The van der Waals surface area contributed by atoms with Gasteiger partial charge in [-0.15, -0.1) is 0 Å². The Labute approximate surface area is 163 Å². The monoisotopic (exact) mass is 466 g/mol. The largest absolute Gasteiger partial charge is 0.364 e. The van der Waals surface area contributed by atoms with Crippen LogP contribution in [-0.2, 0) is 0 Å². The standard InChI is InChI=1S/C16H15IN6OS/c17-23(11-3-1-2-4-11)16(25)22-14-6-5-12-15(21-14)20-13(8-18-12)10-7-19-24-9-10/h5-9,11H,1-4H2,(H,20,21,22,25). The third-order valence-corrected chi connectivity index (χ3v) is 6.11. The van der Waals surface area contributed by atoms with E-state index in [-0.39, 0.29) is 0 Å². The average Bonchev–Trinajstić information content (AvgIpc) is 3.34. The number of aromatic nitrogens is 4. The van der Waals surface area contributed by atoms with Crippen LogP contribution in [0.3, 0.4) is 0 Å². The molecule has 3 heterocycles. The first-order chi connectivity index (χ1) is 12.2. The normalized spacial score (nSPS) is 14.8. The van der Waals surface area contributed by atoms with Crippen molar-refractivity contribution >= 4 is 57.2 Å². The van der Waals surface area contributed by atoms with Gasteiger partial charge in [-0.2, -0.15) is 0 Å². The second kappa shape index (κ2) is 7.16. The molecule has 0 amide bonds. The fourth-order valence-electron chi connectivity index (χ4n) is 2.90. The van der Waals surface area contributed by atoms with Crippen molar-refractivity contribution in [1.29, 1.82) is 0 Å². The van der Waals surface area contributed by atoms with Gasteiger partial charge in [0, 0.05) is 6.04 Å². The van der Waals surface area contributed by atoms with Crippen LogP contribution >= 0.6 is 35.1 Å². The van der Waals surface area contributed by atoms with Crippen molar-refractivity contribution in [3.8, 4) is 11.3 Å². The van der Waals surface area contributed by atoms with E-state index in [0.717, 1.165) is 11.1 Å². The lowest BCUT2D eigenvalue weighted by Crippen LogP contribution is -2.33. The molecule has 0 bridgehead atoms. The van der Waals surface area contributed by atoms with Crippen molar-refractivity contribution in [2.75, 3.05) is 5.32 Å². The van der Waals surface area contributed by atoms with Crippen LogP contribution in [0.25, 0.3) is 22.4 Å². The molecule has 4 rings (SSSR count). The Bertz CT molecular complexity index is 897. The van der Waals surface area contributed by atoms with Gasteiger partial charge >= 0.3 is 0 Å². The number of thiocarbonyl (C=S) groups is 1. The number of halogens is 1. The Kier molecular flexibility index (Phi) is 4.75. The van der Waals surface area contributed by atoms with Gasteiger partial charge in [-0.1, -0.05) is 18.0 Å². The lowest BCUT2D eigenvalue weighted by molar-refractivity contribution is 0.420. The maximum absolute atomic E-state index is 5.52. The molecule has 0 unspecified atom stereocenters. The number of hydrogen-bond acceptors (Lipinski definition) is 6. The first-order valence-corrected chi connectivity index (χ1v) is 9.37. The van der Waals surface area contributed by atoms with E-state index in [9.17, 15) is 0 Å². The summed E-state index contributed by atoms with van der Waals surface area (Å²) in [6.07, 6.45) is 9.71. The molecule has 9 heteroatoms. The van der Waals surface area contributed by atoms with Crippen LogP contribution in [0, 0.1) is 0 Å². The Balaban J connectivity index is 1.56. The number of fused-ring (bicyclic) bond motifs is 1. The lowest BCUT2D eigenvalue weighted by atomic mass is 10.2. The van der Waals surface area contributed by atoms with Gasteiger partial charge in [0.25, 0.3) is 0 Å². The van der Waals surface area contributed by atoms with Crippen molar-refractivity contribution < 1.29 is 4.52 Å². The molecular formula is C16H15IN6OS. The third kappa shape index (κ3) is 3.56. The van der Waals surface area contributed by atoms with Crippen molar-refractivity contribution in [3.05, 3.63) is 30.8 Å². The summed E-state index contributed by atoms with van der Waals surface area (Å²) in [6, 6.07) is 4.24. The molecule has 7 nitrogen and oxygen atoms in total. The van der Waals surface area contributed by atoms with E-state index in [1.54, 1.807) is 12.4 Å². The summed E-state index contributed by atoms with van der Waals surface area (Å²) in [5, 5.41) is 7.57. The van der Waals surface area contributed by atoms with Crippen LogP contribution in [0.15, 0.2) is 35.3 Å². The number of nitrogens with one attached hydrogen (secondary N) is 1. The molecule has 3 aromatic heterocycles. The van der Waals surface area contributed by atoms with Crippen LogP contribution in [0.4, 0.5) is 5.82 Å². The molecule has 25 heavy (non-hydrogen) atoms. The zero-order chi connectivity index (χ0) is 17.2. The van der Waals surface area contributed by atoms with E-state index < -0.39 is 0 Å². The molecule has 0 atom stereocenters. The highest BCUT2D eigenvalue weighted by atomic mass is 127. The van der Waals surface area contributed by atoms with Gasteiger partial charge < -0.3 is 9.84 Å². The highest BCUT2D eigenvalue weighted by Gasteiger charge is 2.23. The van der Waals surface area contributed by atoms with Crippen LogP contribution in [0.5, 0.6) is 0 Å². The second-order valence-electron chi connectivity index (χ2n) is 5.89. The molecule has 0 aromatic carbocycles. The molecule has 1 fully saturated rings. The Hall–Kier alpha value is -1.88. The smallest absolute Gasteiger partial charge is 0.183 e. The van der Waals surface area contributed by atoms with Gasteiger partial charge in [0.15, 0.2) is 10.8 Å². The van der Waals surface area contributed by atoms with Gasteiger partial charge in [0.2, 0.25) is 0 Å². The van der Waals surface area contributed by atoms with Gasteiger partial charge in [-0.3, -0.25) is 8.10 Å².